The summed E-state index contributed by atoms with van der Waals surface area (Å²) in [6.45, 7) is 2.31. The molecular formula is C16H21N3O3. The average Bonchev–Trinajstić information content (AvgIpc) is 3.34. The number of aromatic nitrogens is 1. The lowest BCUT2D eigenvalue weighted by atomic mass is 10.1. The normalized spacial score (nSPS) is 14.5. The number of nitrogens with one attached hydrogen (secondary N) is 2. The van der Waals surface area contributed by atoms with Crippen molar-refractivity contribution in [2.75, 3.05) is 20.8 Å². The van der Waals surface area contributed by atoms with Crippen LogP contribution in [0.15, 0.2) is 12.3 Å². The Morgan fingerprint density at radius 2 is 2.27 bits per heavy atom. The van der Waals surface area contributed by atoms with E-state index in [2.05, 4.69) is 39.1 Å². The van der Waals surface area contributed by atoms with Crippen molar-refractivity contribution in [2.24, 2.45) is 0 Å². The highest BCUT2D eigenvalue weighted by Crippen LogP contribution is 2.25. The fourth-order valence-corrected chi connectivity index (χ4v) is 1.99. The standard InChI is InChI=1S/C16H21N3O3/c1-11(19-14-6-7-14)13-9-12(15(21-2)18-10-13)5-4-8-17-16(20)22-3/h9-11,14,19H,6-8H2,1-3H3,(H,17,20). The molecule has 6 nitrogen and oxygen atoms in total. The molecule has 1 unspecified atom stereocenters. The maximum absolute atomic E-state index is 11.0. The quantitative estimate of drug-likeness (QED) is 0.809. The fourth-order valence-electron chi connectivity index (χ4n) is 1.99. The average molecular weight is 303 g/mol. The third-order valence-corrected chi connectivity index (χ3v) is 3.36. The second kappa shape index (κ2) is 7.66. The van der Waals surface area contributed by atoms with Crippen LogP contribution >= 0.6 is 0 Å². The van der Waals surface area contributed by atoms with Crippen LogP contribution in [0.5, 0.6) is 5.88 Å². The van der Waals surface area contributed by atoms with Gasteiger partial charge in [-0.2, -0.15) is 0 Å². The first-order valence-corrected chi connectivity index (χ1v) is 7.24. The van der Waals surface area contributed by atoms with Gasteiger partial charge in [-0.1, -0.05) is 11.8 Å². The number of amides is 1. The summed E-state index contributed by atoms with van der Waals surface area (Å²) in [4.78, 5) is 15.3. The minimum absolute atomic E-state index is 0.204. The number of alkyl carbamates (subject to hydrolysis) is 1. The van der Waals surface area contributed by atoms with Crippen molar-refractivity contribution in [3.05, 3.63) is 23.4 Å². The molecule has 6 heteroatoms. The summed E-state index contributed by atoms with van der Waals surface area (Å²) in [5.74, 6) is 6.31. The van der Waals surface area contributed by atoms with Gasteiger partial charge in [0.05, 0.1) is 26.3 Å². The number of hydrogen-bond donors (Lipinski definition) is 2. The van der Waals surface area contributed by atoms with Crippen molar-refractivity contribution in [1.29, 1.82) is 0 Å². The summed E-state index contributed by atoms with van der Waals surface area (Å²) in [5.41, 5.74) is 1.77. The lowest BCUT2D eigenvalue weighted by molar-refractivity contribution is 0.172. The van der Waals surface area contributed by atoms with Crippen LogP contribution in [0, 0.1) is 11.8 Å². The van der Waals surface area contributed by atoms with Crippen LogP contribution < -0.4 is 15.4 Å². The second-order valence-corrected chi connectivity index (χ2v) is 5.14. The molecule has 0 bridgehead atoms. The molecule has 22 heavy (non-hydrogen) atoms. The Balaban J connectivity index is 2.06. The maximum atomic E-state index is 11.0. The zero-order valence-electron chi connectivity index (χ0n) is 13.1. The third kappa shape index (κ3) is 4.64. The van der Waals surface area contributed by atoms with Crippen LogP contribution in [0.3, 0.4) is 0 Å². The van der Waals surface area contributed by atoms with Crippen LogP contribution in [0.4, 0.5) is 4.79 Å². The van der Waals surface area contributed by atoms with Crippen LogP contribution in [0.2, 0.25) is 0 Å². The minimum atomic E-state index is -0.504. The molecule has 0 saturated heterocycles. The van der Waals surface area contributed by atoms with Crippen LogP contribution in [-0.4, -0.2) is 37.9 Å². The van der Waals surface area contributed by atoms with E-state index in [1.807, 2.05) is 6.07 Å². The molecule has 0 aromatic carbocycles. The molecule has 1 aromatic rings. The lowest BCUT2D eigenvalue weighted by Crippen LogP contribution is -2.23. The van der Waals surface area contributed by atoms with Crippen LogP contribution in [0.25, 0.3) is 0 Å². The summed E-state index contributed by atoms with van der Waals surface area (Å²) in [7, 11) is 2.87. The number of hydrogen-bond acceptors (Lipinski definition) is 5. The van der Waals surface area contributed by atoms with E-state index in [9.17, 15) is 4.79 Å². The summed E-state index contributed by atoms with van der Waals surface area (Å²) >= 11 is 0. The van der Waals surface area contributed by atoms with Gasteiger partial charge in [-0.05, 0) is 31.4 Å². The van der Waals surface area contributed by atoms with E-state index >= 15 is 0 Å². The third-order valence-electron chi connectivity index (χ3n) is 3.36. The van der Waals surface area contributed by atoms with E-state index in [-0.39, 0.29) is 12.6 Å². The molecule has 0 aliphatic heterocycles. The van der Waals surface area contributed by atoms with Crippen molar-refractivity contribution in [3.63, 3.8) is 0 Å². The predicted molar refractivity (Wildman–Crippen MR) is 82.6 cm³/mol. The molecule has 2 rings (SSSR count). The Labute approximate surface area is 130 Å². The van der Waals surface area contributed by atoms with Crippen molar-refractivity contribution in [1.82, 2.24) is 15.6 Å². The Kier molecular flexibility index (Phi) is 5.61. The largest absolute Gasteiger partial charge is 0.480 e. The molecule has 0 radical (unpaired) electrons. The minimum Gasteiger partial charge on any atom is -0.480 e. The lowest BCUT2D eigenvalue weighted by Gasteiger charge is -2.14. The SMILES string of the molecule is COC(=O)NCC#Cc1cc(C(C)NC2CC2)cnc1OC. The van der Waals surface area contributed by atoms with E-state index in [4.69, 9.17) is 4.74 Å². The Morgan fingerprint density at radius 1 is 1.50 bits per heavy atom. The molecule has 1 heterocycles. The summed E-state index contributed by atoms with van der Waals surface area (Å²) in [5, 5.41) is 6.03. The first-order valence-electron chi connectivity index (χ1n) is 7.24. The first-order chi connectivity index (χ1) is 10.6. The maximum Gasteiger partial charge on any atom is 0.407 e. The highest BCUT2D eigenvalue weighted by Gasteiger charge is 2.23. The molecule has 1 aliphatic carbocycles. The van der Waals surface area contributed by atoms with Crippen molar-refractivity contribution < 1.29 is 14.3 Å². The van der Waals surface area contributed by atoms with Crippen LogP contribution in [0.1, 0.15) is 36.9 Å². The molecule has 118 valence electrons. The Hall–Kier alpha value is -2.26. The van der Waals surface area contributed by atoms with E-state index in [1.54, 1.807) is 13.3 Å². The summed E-state index contributed by atoms with van der Waals surface area (Å²) in [6, 6.07) is 2.81. The molecular weight excluding hydrogens is 282 g/mol. The van der Waals surface area contributed by atoms with Gasteiger partial charge in [0.25, 0.3) is 0 Å². The number of ether oxygens (including phenoxy) is 2. The molecule has 0 spiro atoms. The van der Waals surface area contributed by atoms with E-state index in [1.165, 1.54) is 20.0 Å². The summed E-state index contributed by atoms with van der Waals surface area (Å²) in [6.07, 6.45) is 3.77. The number of rotatable bonds is 5. The van der Waals surface area contributed by atoms with E-state index in [0.29, 0.717) is 17.5 Å². The summed E-state index contributed by atoms with van der Waals surface area (Å²) < 4.78 is 9.70. The van der Waals surface area contributed by atoms with E-state index in [0.717, 1.165) is 5.56 Å². The van der Waals surface area contributed by atoms with Crippen molar-refractivity contribution in [3.8, 4) is 17.7 Å². The molecule has 1 aromatic heterocycles. The first kappa shape index (κ1) is 16.1. The zero-order valence-corrected chi connectivity index (χ0v) is 13.1. The van der Waals surface area contributed by atoms with Crippen LogP contribution in [-0.2, 0) is 4.74 Å². The smallest absolute Gasteiger partial charge is 0.407 e. The van der Waals surface area contributed by atoms with Gasteiger partial charge in [0.2, 0.25) is 5.88 Å². The highest BCUT2D eigenvalue weighted by molar-refractivity contribution is 5.67. The zero-order chi connectivity index (χ0) is 15.9. The monoisotopic (exact) mass is 303 g/mol. The molecule has 1 amide bonds. The molecule has 2 N–H and O–H groups in total. The number of methoxy groups -OCH3 is 2. The molecule has 1 aliphatic rings. The van der Waals surface area contributed by atoms with Crippen molar-refractivity contribution in [2.45, 2.75) is 31.8 Å². The highest BCUT2D eigenvalue weighted by atomic mass is 16.5. The number of pyridine rings is 1. The van der Waals surface area contributed by atoms with Crippen molar-refractivity contribution >= 4 is 6.09 Å². The molecule has 1 fully saturated rings. The predicted octanol–water partition coefficient (Wildman–Crippen LogP) is 1.61. The Morgan fingerprint density at radius 3 is 2.91 bits per heavy atom. The van der Waals surface area contributed by atoms with Gasteiger partial charge in [-0.3, -0.25) is 0 Å². The van der Waals surface area contributed by atoms with Gasteiger partial charge in [0.15, 0.2) is 0 Å². The second-order valence-electron chi connectivity index (χ2n) is 5.14. The number of carbonyl (C=O) groups is 1. The number of carbonyl (C=O) groups excluding carboxylic acids is 1. The molecule has 1 saturated carbocycles. The molecule has 1 atom stereocenters. The van der Waals surface area contributed by atoms with Gasteiger partial charge in [0, 0.05) is 18.3 Å². The van der Waals surface area contributed by atoms with Gasteiger partial charge < -0.3 is 20.1 Å². The Bertz CT molecular complexity index is 588. The van der Waals surface area contributed by atoms with Gasteiger partial charge in [-0.15, -0.1) is 0 Å². The van der Waals surface area contributed by atoms with Gasteiger partial charge in [-0.25, -0.2) is 9.78 Å². The number of nitrogens with zero attached hydrogens (tertiary/aromatic N) is 1. The topological polar surface area (TPSA) is 72.5 Å². The van der Waals surface area contributed by atoms with Gasteiger partial charge in [0.1, 0.15) is 0 Å². The van der Waals surface area contributed by atoms with Gasteiger partial charge >= 0.3 is 6.09 Å². The fraction of sp³-hybridized carbons (Fsp3) is 0.500. The van der Waals surface area contributed by atoms with E-state index < -0.39 is 6.09 Å².